The number of rotatable bonds is 1. The maximum Gasteiger partial charge on any atom is 0.365 e. The van der Waals surface area contributed by atoms with Gasteiger partial charge < -0.3 is 0 Å². The van der Waals surface area contributed by atoms with Gasteiger partial charge in [-0.15, -0.1) is 4.39 Å². The summed E-state index contributed by atoms with van der Waals surface area (Å²) in [7, 11) is -1.17. The Hall–Kier alpha value is 0.720. The second kappa shape index (κ2) is 3.62. The highest BCUT2D eigenvalue weighted by Crippen LogP contribution is 2.47. The average molecular weight is 256 g/mol. The summed E-state index contributed by atoms with van der Waals surface area (Å²) < 4.78 is 12.0. The van der Waals surface area contributed by atoms with E-state index >= 15 is 0 Å². The highest BCUT2D eigenvalue weighted by Gasteiger charge is 2.32. The van der Waals surface area contributed by atoms with Crippen molar-refractivity contribution in [1.82, 2.24) is 4.98 Å². The van der Waals surface area contributed by atoms with Crippen molar-refractivity contribution in [2.45, 2.75) is 4.17 Å². The molecule has 0 aliphatic carbocycles. The van der Waals surface area contributed by atoms with Crippen LogP contribution in [0.4, 0.5) is 4.39 Å². The molecule has 1 unspecified atom stereocenters. The Balaban J connectivity index is 3.22. The predicted octanol–water partition coefficient (Wildman–Crippen LogP) is 4.21. The molecule has 1 aromatic heterocycles. The Bertz CT molecular complexity index is 273. The van der Waals surface area contributed by atoms with Crippen molar-refractivity contribution in [2.24, 2.45) is 0 Å². The van der Waals surface area contributed by atoms with Gasteiger partial charge in [-0.3, -0.25) is 0 Å². The van der Waals surface area contributed by atoms with Gasteiger partial charge in [0.15, 0.2) is 0 Å². The minimum absolute atomic E-state index is 0.0162. The summed E-state index contributed by atoms with van der Waals surface area (Å²) in [6.45, 7) is 0. The molecule has 0 N–H and O–H groups in total. The van der Waals surface area contributed by atoms with Crippen LogP contribution in [0.1, 0.15) is 4.17 Å². The normalized spacial score (nSPS) is 12.7. The number of aromatic nitrogens is 1. The minimum Gasteiger partial charge on any atom is -0.166 e. The zero-order valence-corrected chi connectivity index (χ0v) is 8.66. The standard InChI is InChI=1S/C4HCl4FNS/c5-1-2(9)11(3(6)7)4(8)10-1/h3H/q+1. The number of hydrogen-bond donors (Lipinski definition) is 0. The van der Waals surface area contributed by atoms with E-state index in [1.54, 1.807) is 0 Å². The second-order valence-corrected chi connectivity index (χ2v) is 5.97. The fraction of sp³-hybridized carbons (Fsp3) is 0.250. The molecule has 11 heavy (non-hydrogen) atoms. The monoisotopic (exact) mass is 254 g/mol. The molecule has 0 fully saturated rings. The SMILES string of the molecule is Fc1c(Cl)nc(Cl)[s+]1C(Cl)Cl. The highest BCUT2D eigenvalue weighted by atomic mass is 35.5. The van der Waals surface area contributed by atoms with Crippen LogP contribution in [0, 0.1) is 5.13 Å². The molecule has 1 atom stereocenters. The number of alkyl halides is 2. The van der Waals surface area contributed by atoms with Crippen molar-refractivity contribution >= 4 is 56.9 Å². The van der Waals surface area contributed by atoms with E-state index in [1.807, 2.05) is 0 Å². The van der Waals surface area contributed by atoms with Gasteiger partial charge in [-0.05, 0) is 34.8 Å². The molecule has 0 saturated heterocycles. The molecule has 0 aromatic carbocycles. The molecule has 7 heteroatoms. The van der Waals surface area contributed by atoms with E-state index in [4.69, 9.17) is 46.4 Å². The maximum absolute atomic E-state index is 12.9. The number of hydrogen-bond acceptors (Lipinski definition) is 1. The van der Waals surface area contributed by atoms with Crippen LogP contribution in [0.15, 0.2) is 0 Å². The lowest BCUT2D eigenvalue weighted by atomic mass is 11.0. The van der Waals surface area contributed by atoms with Crippen molar-refractivity contribution in [3.05, 3.63) is 14.8 Å². The van der Waals surface area contributed by atoms with E-state index < -0.39 is 19.8 Å². The Morgan fingerprint density at radius 3 is 2.09 bits per heavy atom. The van der Waals surface area contributed by atoms with E-state index in [9.17, 15) is 4.39 Å². The van der Waals surface area contributed by atoms with Gasteiger partial charge in [-0.25, -0.2) is 0 Å². The van der Waals surface area contributed by atoms with Crippen LogP contribution in [0.3, 0.4) is 0 Å². The van der Waals surface area contributed by atoms with Crippen LogP contribution in [-0.2, 0) is 0 Å². The Kier molecular flexibility index (Phi) is 3.23. The first-order valence-corrected chi connectivity index (χ1v) is 5.26. The topological polar surface area (TPSA) is 12.9 Å². The summed E-state index contributed by atoms with van der Waals surface area (Å²) in [5.74, 6) is 0. The first kappa shape index (κ1) is 9.81. The quantitative estimate of drug-likeness (QED) is 0.541. The van der Waals surface area contributed by atoms with Gasteiger partial charge in [0.1, 0.15) is 0 Å². The Morgan fingerprint density at radius 2 is 1.91 bits per heavy atom. The maximum atomic E-state index is 12.9. The highest BCUT2D eigenvalue weighted by molar-refractivity contribution is 7.38. The number of nitrogens with zero attached hydrogens (tertiary/aromatic N) is 1. The van der Waals surface area contributed by atoms with Gasteiger partial charge in [0, 0.05) is 0 Å². The van der Waals surface area contributed by atoms with Crippen molar-refractivity contribution in [1.29, 1.82) is 0 Å². The lowest BCUT2D eigenvalue weighted by Crippen LogP contribution is -1.69. The lowest BCUT2D eigenvalue weighted by molar-refractivity contribution is 0.652. The van der Waals surface area contributed by atoms with Crippen molar-refractivity contribution in [2.75, 3.05) is 0 Å². The third-order valence-corrected chi connectivity index (χ3v) is 4.31. The third-order valence-electron chi connectivity index (χ3n) is 0.901. The molecule has 1 rings (SSSR count). The fourth-order valence-electron chi connectivity index (χ4n) is 0.487. The van der Waals surface area contributed by atoms with E-state index in [2.05, 4.69) is 4.98 Å². The molecule has 0 aliphatic rings. The van der Waals surface area contributed by atoms with Gasteiger partial charge in [-0.2, -0.15) is 4.98 Å². The zero-order valence-electron chi connectivity index (χ0n) is 4.82. The smallest absolute Gasteiger partial charge is 0.166 e. The van der Waals surface area contributed by atoms with E-state index in [0.717, 1.165) is 0 Å². The summed E-state index contributed by atoms with van der Waals surface area (Å²) in [6, 6.07) is 0. The second-order valence-electron chi connectivity index (χ2n) is 1.53. The van der Waals surface area contributed by atoms with Crippen molar-refractivity contribution in [3.63, 3.8) is 0 Å². The average Bonchev–Trinajstić information content (AvgIpc) is 2.07. The van der Waals surface area contributed by atoms with Gasteiger partial charge in [0.25, 0.3) is 4.17 Å². The summed E-state index contributed by atoms with van der Waals surface area (Å²) in [6.07, 6.45) is 0. The van der Waals surface area contributed by atoms with E-state index in [1.165, 1.54) is 0 Å². The minimum atomic E-state index is -1.17. The van der Waals surface area contributed by atoms with Crippen molar-refractivity contribution < 1.29 is 4.39 Å². The van der Waals surface area contributed by atoms with Crippen LogP contribution >= 0.6 is 56.9 Å². The molecule has 0 saturated carbocycles. The molecule has 0 spiro atoms. The number of thiazole rings is 1. The van der Waals surface area contributed by atoms with Gasteiger partial charge in [-0.1, -0.05) is 11.6 Å². The Morgan fingerprint density at radius 1 is 1.36 bits per heavy atom. The number of halogens is 5. The zero-order chi connectivity index (χ0) is 8.59. The molecule has 0 aliphatic heterocycles. The molecule has 0 radical (unpaired) electrons. The fourth-order valence-corrected chi connectivity index (χ4v) is 3.59. The van der Waals surface area contributed by atoms with Crippen LogP contribution in [0.25, 0.3) is 0 Å². The first-order valence-electron chi connectivity index (χ1n) is 2.34. The van der Waals surface area contributed by atoms with Gasteiger partial charge in [0.2, 0.25) is 5.15 Å². The molecule has 0 bridgehead atoms. The van der Waals surface area contributed by atoms with Crippen LogP contribution in [-0.4, -0.2) is 4.98 Å². The molecule has 1 aromatic rings. The summed E-state index contributed by atoms with van der Waals surface area (Å²) in [5, 5.41) is -0.906. The van der Waals surface area contributed by atoms with Crippen molar-refractivity contribution in [3.8, 4) is 0 Å². The molecular weight excluding hydrogens is 255 g/mol. The summed E-state index contributed by atoms with van der Waals surface area (Å²) in [4.78, 5) is 3.47. The van der Waals surface area contributed by atoms with Gasteiger partial charge >= 0.3 is 9.60 Å². The third kappa shape index (κ3) is 1.90. The van der Waals surface area contributed by atoms with E-state index in [-0.39, 0.29) is 9.62 Å². The first-order chi connectivity index (χ1) is 5.04. The summed E-state index contributed by atoms with van der Waals surface area (Å²) in [5.41, 5.74) is 0. The van der Waals surface area contributed by atoms with Crippen LogP contribution in [0.2, 0.25) is 9.62 Å². The molecule has 62 valence electrons. The van der Waals surface area contributed by atoms with Crippen LogP contribution in [0.5, 0.6) is 0 Å². The predicted molar refractivity (Wildman–Crippen MR) is 47.4 cm³/mol. The molecule has 1 nitrogen and oxygen atoms in total. The molecule has 0 amide bonds. The molecular formula is C4HCl4FNS+. The Labute approximate surface area is 85.0 Å². The van der Waals surface area contributed by atoms with Gasteiger partial charge in [0.05, 0.1) is 10.5 Å². The largest absolute Gasteiger partial charge is 0.365 e. The summed E-state index contributed by atoms with van der Waals surface area (Å²) >= 11 is 21.6. The molecule has 1 heterocycles. The van der Waals surface area contributed by atoms with Crippen LogP contribution < -0.4 is 0 Å². The lowest BCUT2D eigenvalue weighted by Gasteiger charge is -1.85. The van der Waals surface area contributed by atoms with E-state index in [0.29, 0.717) is 0 Å².